The second-order valence-corrected chi connectivity index (χ2v) is 4.62. The summed E-state index contributed by atoms with van der Waals surface area (Å²) in [6.45, 7) is 0. The summed E-state index contributed by atoms with van der Waals surface area (Å²) in [5, 5.41) is 14.6. The van der Waals surface area contributed by atoms with E-state index in [1.165, 1.54) is 12.1 Å². The lowest BCUT2D eigenvalue weighted by Crippen LogP contribution is -1.97. The molecule has 0 saturated heterocycles. The molecule has 2 aromatic rings. The quantitative estimate of drug-likeness (QED) is 0.505. The number of halogens is 2. The minimum atomic E-state index is -0.533. The van der Waals surface area contributed by atoms with E-state index in [1.54, 1.807) is 24.3 Å². The molecule has 2 rings (SSSR count). The van der Waals surface area contributed by atoms with Crippen LogP contribution in [-0.2, 0) is 0 Å². The fourth-order valence-corrected chi connectivity index (χ4v) is 2.00. The van der Waals surface area contributed by atoms with Crippen LogP contribution in [0.25, 0.3) is 0 Å². The Labute approximate surface area is 119 Å². The molecule has 0 spiro atoms. The molecule has 0 aliphatic rings. The van der Waals surface area contributed by atoms with Crippen LogP contribution < -0.4 is 11.1 Å². The number of hydrogen-bond donors (Lipinski definition) is 2. The summed E-state index contributed by atoms with van der Waals surface area (Å²) in [5.74, 6) is 0. The van der Waals surface area contributed by atoms with E-state index in [1.807, 2.05) is 0 Å². The van der Waals surface area contributed by atoms with Crippen molar-refractivity contribution in [3.8, 4) is 0 Å². The van der Waals surface area contributed by atoms with Gasteiger partial charge < -0.3 is 11.1 Å². The fraction of sp³-hybridized carbons (Fsp3) is 0. The summed E-state index contributed by atoms with van der Waals surface area (Å²) in [6.07, 6.45) is 0. The van der Waals surface area contributed by atoms with Gasteiger partial charge in [-0.25, -0.2) is 0 Å². The number of nitro benzene ring substituents is 1. The Balaban J connectivity index is 2.29. The first-order valence-corrected chi connectivity index (χ1v) is 5.99. The van der Waals surface area contributed by atoms with E-state index < -0.39 is 4.92 Å². The van der Waals surface area contributed by atoms with E-state index in [2.05, 4.69) is 5.32 Å². The molecule has 5 nitrogen and oxygen atoms in total. The van der Waals surface area contributed by atoms with E-state index in [9.17, 15) is 10.1 Å². The topological polar surface area (TPSA) is 81.2 Å². The molecular weight excluding hydrogens is 289 g/mol. The second kappa shape index (κ2) is 5.34. The summed E-state index contributed by atoms with van der Waals surface area (Å²) < 4.78 is 0. The number of nitrogens with zero attached hydrogens (tertiary/aromatic N) is 1. The van der Waals surface area contributed by atoms with Crippen molar-refractivity contribution in [3.05, 3.63) is 56.6 Å². The van der Waals surface area contributed by atoms with Gasteiger partial charge in [0.1, 0.15) is 5.69 Å². The summed E-state index contributed by atoms with van der Waals surface area (Å²) >= 11 is 11.8. The van der Waals surface area contributed by atoms with Gasteiger partial charge >= 0.3 is 0 Å². The maximum atomic E-state index is 10.7. The molecule has 19 heavy (non-hydrogen) atoms. The number of anilines is 3. The largest absolute Gasteiger partial charge is 0.393 e. The molecular formula is C12H9Cl2N3O2. The Hall–Kier alpha value is -1.98. The van der Waals surface area contributed by atoms with Gasteiger partial charge in [-0.15, -0.1) is 0 Å². The number of nitrogens with one attached hydrogen (secondary N) is 1. The highest BCUT2D eigenvalue weighted by Crippen LogP contribution is 2.31. The maximum absolute atomic E-state index is 10.7. The number of nitrogens with two attached hydrogens (primary N) is 1. The van der Waals surface area contributed by atoms with Gasteiger partial charge in [-0.1, -0.05) is 23.2 Å². The Morgan fingerprint density at radius 3 is 2.47 bits per heavy atom. The Bertz CT molecular complexity index is 647. The van der Waals surface area contributed by atoms with Crippen molar-refractivity contribution in [1.82, 2.24) is 0 Å². The minimum Gasteiger partial charge on any atom is -0.393 e. The van der Waals surface area contributed by atoms with E-state index in [0.29, 0.717) is 21.4 Å². The molecule has 0 atom stereocenters. The van der Waals surface area contributed by atoms with E-state index in [-0.39, 0.29) is 11.4 Å². The smallest absolute Gasteiger partial charge is 0.292 e. The van der Waals surface area contributed by atoms with Gasteiger partial charge in [0, 0.05) is 16.8 Å². The van der Waals surface area contributed by atoms with Crippen LogP contribution in [0.5, 0.6) is 0 Å². The average molecular weight is 298 g/mol. The van der Waals surface area contributed by atoms with Crippen LogP contribution in [0.3, 0.4) is 0 Å². The van der Waals surface area contributed by atoms with Crippen molar-refractivity contribution in [2.45, 2.75) is 0 Å². The molecule has 3 N–H and O–H groups in total. The van der Waals surface area contributed by atoms with Crippen molar-refractivity contribution in [2.75, 3.05) is 11.1 Å². The first kappa shape index (κ1) is 13.5. The van der Waals surface area contributed by atoms with Gasteiger partial charge in [0.15, 0.2) is 0 Å². The highest BCUT2D eigenvalue weighted by Gasteiger charge is 2.11. The molecule has 0 unspecified atom stereocenters. The zero-order valence-corrected chi connectivity index (χ0v) is 11.1. The standard InChI is InChI=1S/C12H9Cl2N3O2/c13-7-1-3-11(9(14)5-7)16-8-2-4-12(17(18)19)10(15)6-8/h1-6,16H,15H2. The van der Waals surface area contributed by atoms with Crippen LogP contribution in [0.4, 0.5) is 22.7 Å². The predicted molar refractivity (Wildman–Crippen MR) is 77.3 cm³/mol. The number of hydrogen-bond acceptors (Lipinski definition) is 4. The molecule has 0 aliphatic carbocycles. The lowest BCUT2D eigenvalue weighted by atomic mass is 10.2. The number of nitrogen functional groups attached to an aromatic ring is 1. The monoisotopic (exact) mass is 297 g/mol. The highest BCUT2D eigenvalue weighted by molar-refractivity contribution is 6.36. The summed E-state index contributed by atoms with van der Waals surface area (Å²) in [5.41, 5.74) is 6.80. The molecule has 0 aliphatic heterocycles. The highest BCUT2D eigenvalue weighted by atomic mass is 35.5. The lowest BCUT2D eigenvalue weighted by Gasteiger charge is -2.09. The second-order valence-electron chi connectivity index (χ2n) is 3.78. The Morgan fingerprint density at radius 2 is 1.89 bits per heavy atom. The number of benzene rings is 2. The Kier molecular flexibility index (Phi) is 3.78. The van der Waals surface area contributed by atoms with Crippen LogP contribution in [0.15, 0.2) is 36.4 Å². The molecule has 0 heterocycles. The Morgan fingerprint density at radius 1 is 1.16 bits per heavy atom. The average Bonchev–Trinajstić information content (AvgIpc) is 2.32. The van der Waals surface area contributed by atoms with Gasteiger partial charge in [-0.3, -0.25) is 10.1 Å². The third kappa shape index (κ3) is 3.07. The van der Waals surface area contributed by atoms with Gasteiger partial charge in [-0.05, 0) is 30.3 Å². The normalized spacial score (nSPS) is 10.2. The lowest BCUT2D eigenvalue weighted by molar-refractivity contribution is -0.383. The van der Waals surface area contributed by atoms with Crippen molar-refractivity contribution < 1.29 is 4.92 Å². The molecule has 98 valence electrons. The summed E-state index contributed by atoms with van der Waals surface area (Å²) in [6, 6.07) is 9.36. The van der Waals surface area contributed by atoms with Crippen LogP contribution in [0, 0.1) is 10.1 Å². The van der Waals surface area contributed by atoms with Gasteiger partial charge in [-0.2, -0.15) is 0 Å². The summed E-state index contributed by atoms with van der Waals surface area (Å²) in [4.78, 5) is 10.1. The van der Waals surface area contributed by atoms with Crippen molar-refractivity contribution in [2.24, 2.45) is 0 Å². The van der Waals surface area contributed by atoms with Crippen LogP contribution >= 0.6 is 23.2 Å². The molecule has 0 radical (unpaired) electrons. The third-order valence-electron chi connectivity index (χ3n) is 2.43. The van der Waals surface area contributed by atoms with Gasteiger partial charge in [0.25, 0.3) is 5.69 Å². The van der Waals surface area contributed by atoms with Gasteiger partial charge in [0.05, 0.1) is 15.6 Å². The van der Waals surface area contributed by atoms with Crippen molar-refractivity contribution >= 4 is 46.0 Å². The molecule has 0 saturated carbocycles. The van der Waals surface area contributed by atoms with Crippen LogP contribution in [-0.4, -0.2) is 4.92 Å². The predicted octanol–water partition coefficient (Wildman–Crippen LogP) is 4.23. The molecule has 0 aromatic heterocycles. The van der Waals surface area contributed by atoms with E-state index in [0.717, 1.165) is 0 Å². The number of rotatable bonds is 3. The van der Waals surface area contributed by atoms with Crippen molar-refractivity contribution in [3.63, 3.8) is 0 Å². The minimum absolute atomic E-state index is 0.0834. The van der Waals surface area contributed by atoms with E-state index >= 15 is 0 Å². The SMILES string of the molecule is Nc1cc(Nc2ccc(Cl)cc2Cl)ccc1[N+](=O)[O-]. The molecule has 0 fully saturated rings. The molecule has 7 heteroatoms. The van der Waals surface area contributed by atoms with Crippen molar-refractivity contribution in [1.29, 1.82) is 0 Å². The summed E-state index contributed by atoms with van der Waals surface area (Å²) in [7, 11) is 0. The first-order chi connectivity index (χ1) is 8.97. The number of nitro groups is 1. The molecule has 0 amide bonds. The zero-order chi connectivity index (χ0) is 14.0. The maximum Gasteiger partial charge on any atom is 0.292 e. The molecule has 0 bridgehead atoms. The van der Waals surface area contributed by atoms with Crippen LogP contribution in [0.1, 0.15) is 0 Å². The molecule has 2 aromatic carbocycles. The van der Waals surface area contributed by atoms with Gasteiger partial charge in [0.2, 0.25) is 0 Å². The first-order valence-electron chi connectivity index (χ1n) is 5.23. The third-order valence-corrected chi connectivity index (χ3v) is 2.98. The van der Waals surface area contributed by atoms with E-state index in [4.69, 9.17) is 28.9 Å². The fourth-order valence-electron chi connectivity index (χ4n) is 1.54. The van der Waals surface area contributed by atoms with Crippen LogP contribution in [0.2, 0.25) is 10.0 Å². The zero-order valence-electron chi connectivity index (χ0n) is 9.56.